The van der Waals surface area contributed by atoms with E-state index in [1.54, 1.807) is 13.8 Å². The summed E-state index contributed by atoms with van der Waals surface area (Å²) >= 11 is 0. The van der Waals surface area contributed by atoms with Crippen LogP contribution >= 0.6 is 0 Å². The summed E-state index contributed by atoms with van der Waals surface area (Å²) in [6, 6.07) is 2.00. The zero-order valence-corrected chi connectivity index (χ0v) is 9.26. The van der Waals surface area contributed by atoms with E-state index in [0.717, 1.165) is 5.57 Å². The van der Waals surface area contributed by atoms with Crippen molar-refractivity contribution in [2.24, 2.45) is 5.41 Å². The van der Waals surface area contributed by atoms with Gasteiger partial charge in [0.1, 0.15) is 0 Å². The minimum atomic E-state index is -1.05. The predicted molar refractivity (Wildman–Crippen MR) is 54.4 cm³/mol. The van der Waals surface area contributed by atoms with Crippen LogP contribution in [0, 0.1) is 16.7 Å². The van der Waals surface area contributed by atoms with E-state index in [0.29, 0.717) is 13.0 Å². The molecule has 0 spiro atoms. The number of rotatable bonds is 4. The fourth-order valence-electron chi connectivity index (χ4n) is 0.873. The third-order valence-electron chi connectivity index (χ3n) is 1.89. The number of ether oxygens (including phenoxy) is 1. The van der Waals surface area contributed by atoms with Crippen LogP contribution in [0.15, 0.2) is 11.6 Å². The number of allylic oxidation sites excluding steroid dienone is 2. The fraction of sp³-hybridized carbons (Fsp3) is 0.636. The Bertz CT molecular complexity index is 272. The molecule has 0 aliphatic heterocycles. The second kappa shape index (κ2) is 5.43. The summed E-state index contributed by atoms with van der Waals surface area (Å²) in [6.07, 6.45) is 2.28. The van der Waals surface area contributed by atoms with E-state index in [1.165, 1.54) is 0 Å². The van der Waals surface area contributed by atoms with Crippen molar-refractivity contribution in [2.45, 2.75) is 34.1 Å². The predicted octanol–water partition coefficient (Wildman–Crippen LogP) is 2.44. The molecule has 0 N–H and O–H groups in total. The zero-order valence-electron chi connectivity index (χ0n) is 9.26. The Morgan fingerprint density at radius 3 is 2.50 bits per heavy atom. The molecule has 1 unspecified atom stereocenters. The lowest BCUT2D eigenvalue weighted by molar-refractivity contribution is -0.150. The molecule has 0 aromatic heterocycles. The lowest BCUT2D eigenvalue weighted by Gasteiger charge is -2.17. The standard InChI is InChI=1S/C11H17NO2/c1-5-14-10(13)11(4,8-12)7-6-9(2)3/h6H,5,7H2,1-4H3. The minimum absolute atomic E-state index is 0.310. The first-order chi connectivity index (χ1) is 6.46. The second-order valence-electron chi connectivity index (χ2n) is 3.65. The largest absolute Gasteiger partial charge is 0.465 e. The maximum atomic E-state index is 11.4. The van der Waals surface area contributed by atoms with Crippen molar-refractivity contribution in [3.63, 3.8) is 0 Å². The minimum Gasteiger partial charge on any atom is -0.465 e. The van der Waals surface area contributed by atoms with E-state index >= 15 is 0 Å². The van der Waals surface area contributed by atoms with Gasteiger partial charge in [-0.05, 0) is 34.1 Å². The SMILES string of the molecule is CCOC(=O)C(C)(C#N)CC=C(C)C. The van der Waals surface area contributed by atoms with Crippen LogP contribution in [0.3, 0.4) is 0 Å². The number of hydrogen-bond acceptors (Lipinski definition) is 3. The van der Waals surface area contributed by atoms with Gasteiger partial charge in [-0.25, -0.2) is 0 Å². The molecule has 78 valence electrons. The van der Waals surface area contributed by atoms with E-state index in [-0.39, 0.29) is 0 Å². The number of nitrogens with zero attached hydrogens (tertiary/aromatic N) is 1. The molecule has 0 aromatic carbocycles. The van der Waals surface area contributed by atoms with Gasteiger partial charge in [-0.15, -0.1) is 0 Å². The maximum absolute atomic E-state index is 11.4. The molecule has 0 fully saturated rings. The number of carbonyl (C=O) groups excluding carboxylic acids is 1. The van der Waals surface area contributed by atoms with Gasteiger partial charge in [0, 0.05) is 0 Å². The highest BCUT2D eigenvalue weighted by atomic mass is 16.5. The molecule has 0 aliphatic rings. The molecular weight excluding hydrogens is 178 g/mol. The van der Waals surface area contributed by atoms with Gasteiger partial charge in [0.25, 0.3) is 0 Å². The quantitative estimate of drug-likeness (QED) is 0.511. The van der Waals surface area contributed by atoms with Crippen LogP contribution < -0.4 is 0 Å². The third-order valence-corrected chi connectivity index (χ3v) is 1.89. The van der Waals surface area contributed by atoms with Gasteiger partial charge >= 0.3 is 5.97 Å². The lowest BCUT2D eigenvalue weighted by atomic mass is 9.88. The van der Waals surface area contributed by atoms with E-state index in [2.05, 4.69) is 0 Å². The third kappa shape index (κ3) is 3.61. The summed E-state index contributed by atoms with van der Waals surface area (Å²) < 4.78 is 4.84. The summed E-state index contributed by atoms with van der Waals surface area (Å²) in [5.41, 5.74) is 0.0450. The number of hydrogen-bond donors (Lipinski definition) is 0. The Kier molecular flexibility index (Phi) is 4.93. The summed E-state index contributed by atoms with van der Waals surface area (Å²) in [5.74, 6) is -0.444. The first kappa shape index (κ1) is 12.7. The van der Waals surface area contributed by atoms with E-state index in [1.807, 2.05) is 26.0 Å². The maximum Gasteiger partial charge on any atom is 0.326 e. The summed E-state index contributed by atoms with van der Waals surface area (Å²) in [7, 11) is 0. The van der Waals surface area contributed by atoms with Crippen molar-refractivity contribution in [2.75, 3.05) is 6.61 Å². The molecule has 0 bridgehead atoms. The molecule has 0 aliphatic carbocycles. The molecule has 0 amide bonds. The van der Waals surface area contributed by atoms with Crippen molar-refractivity contribution in [1.29, 1.82) is 5.26 Å². The van der Waals surface area contributed by atoms with Crippen LogP contribution in [0.1, 0.15) is 34.1 Å². The number of nitriles is 1. The number of carbonyl (C=O) groups is 1. The van der Waals surface area contributed by atoms with Gasteiger partial charge in [0.05, 0.1) is 12.7 Å². The van der Waals surface area contributed by atoms with E-state index in [9.17, 15) is 4.79 Å². The van der Waals surface area contributed by atoms with E-state index < -0.39 is 11.4 Å². The van der Waals surface area contributed by atoms with Crippen LogP contribution in [0.5, 0.6) is 0 Å². The Labute approximate surface area is 85.4 Å². The van der Waals surface area contributed by atoms with Crippen molar-refractivity contribution < 1.29 is 9.53 Å². The van der Waals surface area contributed by atoms with Gasteiger partial charge in [-0.3, -0.25) is 4.79 Å². The van der Waals surface area contributed by atoms with Crippen molar-refractivity contribution in [3.05, 3.63) is 11.6 Å². The van der Waals surface area contributed by atoms with Crippen LogP contribution in [0.25, 0.3) is 0 Å². The van der Waals surface area contributed by atoms with Gasteiger partial charge in [0.2, 0.25) is 0 Å². The van der Waals surface area contributed by atoms with E-state index in [4.69, 9.17) is 10.00 Å². The van der Waals surface area contributed by atoms with Gasteiger partial charge in [0.15, 0.2) is 5.41 Å². The average molecular weight is 195 g/mol. The van der Waals surface area contributed by atoms with Crippen molar-refractivity contribution in [1.82, 2.24) is 0 Å². The number of esters is 1. The summed E-state index contributed by atoms with van der Waals surface area (Å²) in [5, 5.41) is 8.92. The molecule has 0 aromatic rings. The monoisotopic (exact) mass is 195 g/mol. The summed E-state index contributed by atoms with van der Waals surface area (Å²) in [6.45, 7) is 7.51. The highest BCUT2D eigenvalue weighted by Gasteiger charge is 2.33. The molecule has 0 saturated carbocycles. The smallest absolute Gasteiger partial charge is 0.326 e. The Morgan fingerprint density at radius 1 is 1.57 bits per heavy atom. The highest BCUT2D eigenvalue weighted by molar-refractivity contribution is 5.79. The molecule has 0 radical (unpaired) electrons. The first-order valence-electron chi connectivity index (χ1n) is 4.68. The van der Waals surface area contributed by atoms with Crippen LogP contribution in [-0.2, 0) is 9.53 Å². The molecule has 1 atom stereocenters. The molecule has 0 rings (SSSR count). The van der Waals surface area contributed by atoms with Crippen LogP contribution in [0.2, 0.25) is 0 Å². The Morgan fingerprint density at radius 2 is 2.14 bits per heavy atom. The normalized spacial score (nSPS) is 13.6. The van der Waals surface area contributed by atoms with Gasteiger partial charge < -0.3 is 4.74 Å². The van der Waals surface area contributed by atoms with Gasteiger partial charge in [-0.2, -0.15) is 5.26 Å². The molecular formula is C11H17NO2. The fourth-order valence-corrected chi connectivity index (χ4v) is 0.873. The van der Waals surface area contributed by atoms with Crippen molar-refractivity contribution >= 4 is 5.97 Å². The van der Waals surface area contributed by atoms with Crippen LogP contribution in [0.4, 0.5) is 0 Å². The molecule has 14 heavy (non-hydrogen) atoms. The van der Waals surface area contributed by atoms with Crippen LogP contribution in [-0.4, -0.2) is 12.6 Å². The van der Waals surface area contributed by atoms with Crippen molar-refractivity contribution in [3.8, 4) is 6.07 Å². The second-order valence-corrected chi connectivity index (χ2v) is 3.65. The van der Waals surface area contributed by atoms with Gasteiger partial charge in [-0.1, -0.05) is 11.6 Å². The topological polar surface area (TPSA) is 50.1 Å². The Hall–Kier alpha value is -1.30. The highest BCUT2D eigenvalue weighted by Crippen LogP contribution is 2.23. The lowest BCUT2D eigenvalue weighted by Crippen LogP contribution is -2.27. The first-order valence-corrected chi connectivity index (χ1v) is 4.68. The molecule has 0 saturated heterocycles. The molecule has 3 nitrogen and oxygen atoms in total. The average Bonchev–Trinajstić information content (AvgIpc) is 2.14. The molecule has 0 heterocycles. The molecule has 3 heteroatoms. The summed E-state index contributed by atoms with van der Waals surface area (Å²) in [4.78, 5) is 11.4. The zero-order chi connectivity index (χ0) is 11.2. The Balaban J connectivity index is 4.57.